The molecule has 2 atom stereocenters. The quantitative estimate of drug-likeness (QED) is 0.177. The first-order valence-corrected chi connectivity index (χ1v) is 13.2. The Morgan fingerprint density at radius 1 is 1.00 bits per heavy atom. The average molecular weight is 579 g/mol. The molecule has 1 saturated heterocycles. The minimum absolute atomic E-state index is 0.0175. The molecule has 2 aromatic carbocycles. The van der Waals surface area contributed by atoms with Crippen LogP contribution in [0.2, 0.25) is 0 Å². The number of nitrogens with two attached hydrogens (primary N) is 1. The molecular formula is C26H27B2N3O11. The summed E-state index contributed by atoms with van der Waals surface area (Å²) in [5.74, 6) is -4.72. The Labute approximate surface area is 239 Å². The fourth-order valence-electron chi connectivity index (χ4n) is 5.62. The highest BCUT2D eigenvalue weighted by Crippen LogP contribution is 2.34. The number of carbonyl (C=O) groups is 5. The van der Waals surface area contributed by atoms with Crippen LogP contribution in [0.4, 0.5) is 0 Å². The summed E-state index contributed by atoms with van der Waals surface area (Å²) in [7, 11) is -2.61. The number of primary amides is 1. The van der Waals surface area contributed by atoms with E-state index in [9.17, 15) is 39.1 Å². The fraction of sp³-hybridized carbons (Fsp3) is 0.346. The van der Waals surface area contributed by atoms with Crippen molar-refractivity contribution in [2.75, 3.05) is 6.54 Å². The third-order valence-electron chi connectivity index (χ3n) is 7.76. The van der Waals surface area contributed by atoms with Crippen LogP contribution in [0.15, 0.2) is 24.3 Å². The number of nitrogens with one attached hydrogen (secondary N) is 1. The van der Waals surface area contributed by atoms with Crippen molar-refractivity contribution in [2.24, 2.45) is 5.73 Å². The third-order valence-corrected chi connectivity index (χ3v) is 7.76. The second kappa shape index (κ2) is 11.6. The second-order valence-electron chi connectivity index (χ2n) is 10.4. The van der Waals surface area contributed by atoms with Crippen LogP contribution >= 0.6 is 0 Å². The summed E-state index contributed by atoms with van der Waals surface area (Å²) in [6, 6.07) is 3.51. The lowest BCUT2D eigenvalue weighted by Gasteiger charge is -2.27. The Bertz CT molecular complexity index is 1500. The van der Waals surface area contributed by atoms with E-state index in [0.717, 1.165) is 0 Å². The van der Waals surface area contributed by atoms with Crippen LogP contribution in [0.1, 0.15) is 57.5 Å². The molecule has 0 radical (unpaired) electrons. The lowest BCUT2D eigenvalue weighted by Crippen LogP contribution is -2.51. The summed E-state index contributed by atoms with van der Waals surface area (Å²) in [5, 5.41) is 41.5. The van der Waals surface area contributed by atoms with Gasteiger partial charge in [0.05, 0.1) is 13.2 Å². The highest BCUT2D eigenvalue weighted by Gasteiger charge is 2.39. The number of carboxylic acid groups (broad SMARTS) is 2. The average Bonchev–Trinajstić information content (AvgIpc) is 3.68. The predicted octanol–water partition coefficient (Wildman–Crippen LogP) is -2.07. The standard InChI is InChI=1S/C26H27B2N3O11/c29-23(34)12-6-15(17-11-42-28(40)19(17)8-12)14-7-13-10-41-27(39)18(13)9-16(14)25(36)31-5-1-2-21(31)24(35)30-20(26(37)38)3-4-22(32)33/h6-9,20-21,39-40H,1-5,10-11H2,(H2,29,34)(H,30,35)(H,32,33)(H,37,38)/t20-,21-/m0/s1. The number of fused-ring (bicyclic) bond motifs is 2. The molecule has 3 aliphatic heterocycles. The molecule has 0 aliphatic carbocycles. The molecule has 3 aliphatic rings. The van der Waals surface area contributed by atoms with Gasteiger partial charge in [-0.3, -0.25) is 19.2 Å². The molecule has 1 fully saturated rings. The normalized spacial score (nSPS) is 18.0. The first-order chi connectivity index (χ1) is 20.0. The van der Waals surface area contributed by atoms with E-state index in [0.29, 0.717) is 39.6 Å². The maximum Gasteiger partial charge on any atom is 0.491 e. The van der Waals surface area contributed by atoms with E-state index in [1.54, 1.807) is 6.07 Å². The monoisotopic (exact) mass is 579 g/mol. The van der Waals surface area contributed by atoms with Crippen LogP contribution in [-0.2, 0) is 36.9 Å². The van der Waals surface area contributed by atoms with Gasteiger partial charge in [-0.05, 0) is 76.7 Å². The molecule has 16 heteroatoms. The number of rotatable bonds is 9. The molecule has 0 saturated carbocycles. The number of hydrogen-bond acceptors (Lipinski definition) is 9. The zero-order valence-electron chi connectivity index (χ0n) is 22.2. The Hall–Kier alpha value is -4.24. The number of hydrogen-bond donors (Lipinski definition) is 6. The largest absolute Gasteiger partial charge is 0.491 e. The minimum Gasteiger partial charge on any atom is -0.481 e. The minimum atomic E-state index is -1.46. The lowest BCUT2D eigenvalue weighted by molar-refractivity contribution is -0.143. The van der Waals surface area contributed by atoms with Gasteiger partial charge in [0.25, 0.3) is 5.91 Å². The number of likely N-dealkylation sites (tertiary alicyclic amines) is 1. The maximum absolute atomic E-state index is 14.1. The number of benzene rings is 2. The van der Waals surface area contributed by atoms with Crippen molar-refractivity contribution in [1.82, 2.24) is 10.2 Å². The number of nitrogens with zero attached hydrogens (tertiary/aromatic N) is 1. The molecule has 7 N–H and O–H groups in total. The third kappa shape index (κ3) is 5.48. The van der Waals surface area contributed by atoms with E-state index >= 15 is 0 Å². The summed E-state index contributed by atoms with van der Waals surface area (Å²) in [5.41, 5.74) is 8.20. The zero-order valence-corrected chi connectivity index (χ0v) is 22.2. The first kappa shape index (κ1) is 29.3. The predicted molar refractivity (Wildman–Crippen MR) is 146 cm³/mol. The van der Waals surface area contributed by atoms with Crippen molar-refractivity contribution < 1.29 is 53.5 Å². The second-order valence-corrected chi connectivity index (χ2v) is 10.4. The Kier molecular flexibility index (Phi) is 8.06. The molecule has 42 heavy (non-hydrogen) atoms. The molecule has 0 bridgehead atoms. The topological polar surface area (TPSA) is 226 Å². The van der Waals surface area contributed by atoms with Crippen molar-refractivity contribution in [2.45, 2.75) is 51.0 Å². The van der Waals surface area contributed by atoms with Crippen molar-refractivity contribution in [3.63, 3.8) is 0 Å². The van der Waals surface area contributed by atoms with E-state index in [2.05, 4.69) is 5.32 Å². The van der Waals surface area contributed by atoms with Gasteiger partial charge in [-0.25, -0.2) is 4.79 Å². The van der Waals surface area contributed by atoms with Gasteiger partial charge in [0.15, 0.2) is 0 Å². The van der Waals surface area contributed by atoms with E-state index in [1.807, 2.05) is 0 Å². The molecule has 0 aromatic heterocycles. The Balaban J connectivity index is 1.54. The van der Waals surface area contributed by atoms with Crippen LogP contribution < -0.4 is 22.0 Å². The zero-order chi connectivity index (χ0) is 30.3. The van der Waals surface area contributed by atoms with Crippen LogP contribution in [0.3, 0.4) is 0 Å². The van der Waals surface area contributed by atoms with Gasteiger partial charge in [-0.15, -0.1) is 0 Å². The number of carboxylic acids is 2. The highest BCUT2D eigenvalue weighted by atomic mass is 16.5. The van der Waals surface area contributed by atoms with Gasteiger partial charge < -0.3 is 45.5 Å². The number of amides is 3. The van der Waals surface area contributed by atoms with E-state index < -0.39 is 62.4 Å². The number of carbonyl (C=O) groups excluding carboxylic acids is 3. The van der Waals surface area contributed by atoms with E-state index in [-0.39, 0.29) is 43.7 Å². The van der Waals surface area contributed by atoms with Crippen molar-refractivity contribution in [3.05, 3.63) is 46.5 Å². The van der Waals surface area contributed by atoms with Crippen LogP contribution in [0, 0.1) is 0 Å². The molecule has 2 aromatic rings. The Morgan fingerprint density at radius 2 is 1.71 bits per heavy atom. The lowest BCUT2D eigenvalue weighted by atomic mass is 9.74. The van der Waals surface area contributed by atoms with E-state index in [4.69, 9.17) is 20.1 Å². The summed E-state index contributed by atoms with van der Waals surface area (Å²) in [4.78, 5) is 63.3. The SMILES string of the molecule is NC(=O)c1cc2c(c(-c3cc4c(cc3C(=O)N3CCC[C@H]3C(=O)N[C@@H](CCC(=O)O)C(=O)O)B(O)OC4)c1)COB2O. The summed E-state index contributed by atoms with van der Waals surface area (Å²) in [6.45, 7) is 0.202. The van der Waals surface area contributed by atoms with Gasteiger partial charge in [0.2, 0.25) is 11.8 Å². The first-order valence-electron chi connectivity index (χ1n) is 13.2. The van der Waals surface area contributed by atoms with E-state index in [1.165, 1.54) is 23.1 Å². The molecule has 0 unspecified atom stereocenters. The van der Waals surface area contributed by atoms with Gasteiger partial charge >= 0.3 is 26.2 Å². The van der Waals surface area contributed by atoms with Gasteiger partial charge in [-0.2, -0.15) is 0 Å². The van der Waals surface area contributed by atoms with Crippen molar-refractivity contribution in [3.8, 4) is 11.1 Å². The molecule has 0 spiro atoms. The fourth-order valence-corrected chi connectivity index (χ4v) is 5.62. The van der Waals surface area contributed by atoms with Crippen LogP contribution in [0.25, 0.3) is 11.1 Å². The molecule has 5 rings (SSSR count). The smallest absolute Gasteiger partial charge is 0.481 e. The summed E-state index contributed by atoms with van der Waals surface area (Å²) < 4.78 is 10.7. The van der Waals surface area contributed by atoms with Gasteiger partial charge in [0, 0.05) is 24.1 Å². The molecule has 14 nitrogen and oxygen atoms in total. The summed E-state index contributed by atoms with van der Waals surface area (Å²) >= 11 is 0. The Morgan fingerprint density at radius 3 is 2.40 bits per heavy atom. The van der Waals surface area contributed by atoms with Crippen LogP contribution in [0.5, 0.6) is 0 Å². The van der Waals surface area contributed by atoms with Gasteiger partial charge in [0.1, 0.15) is 12.1 Å². The molecule has 3 amide bonds. The molecule has 3 heterocycles. The van der Waals surface area contributed by atoms with Crippen LogP contribution in [-0.4, -0.2) is 87.7 Å². The molecule has 218 valence electrons. The highest BCUT2D eigenvalue weighted by molar-refractivity contribution is 6.62. The molecular weight excluding hydrogens is 552 g/mol. The number of aliphatic carboxylic acids is 2. The van der Waals surface area contributed by atoms with Gasteiger partial charge in [-0.1, -0.05) is 0 Å². The summed E-state index contributed by atoms with van der Waals surface area (Å²) in [6.07, 6.45) is -0.129. The van der Waals surface area contributed by atoms with Crippen molar-refractivity contribution >= 4 is 54.8 Å². The maximum atomic E-state index is 14.1. The van der Waals surface area contributed by atoms with Crippen molar-refractivity contribution in [1.29, 1.82) is 0 Å².